The molecule has 0 bridgehead atoms. The number of methoxy groups -OCH3 is 1. The lowest BCUT2D eigenvalue weighted by Gasteiger charge is -2.20. The molecule has 1 amide bonds. The predicted octanol–water partition coefficient (Wildman–Crippen LogP) is 0.456. The number of ether oxygens (including phenoxy) is 1. The molecule has 0 heterocycles. The van der Waals surface area contributed by atoms with Crippen LogP contribution < -0.4 is 4.90 Å². The standard InChI is InChI=1S/C11H13NO5/c1-17-7-10(14)12(6-11(15)16)8-2-4-9(13)5-3-8/h2-5,13H,6-7H2,1H3,(H,15,16). The number of rotatable bonds is 5. The van der Waals surface area contributed by atoms with Crippen LogP contribution in [0.4, 0.5) is 5.69 Å². The molecule has 1 aromatic carbocycles. The molecule has 6 nitrogen and oxygen atoms in total. The topological polar surface area (TPSA) is 87.1 Å². The van der Waals surface area contributed by atoms with E-state index in [1.807, 2.05) is 0 Å². The largest absolute Gasteiger partial charge is 0.508 e. The SMILES string of the molecule is COCC(=O)N(CC(=O)O)c1ccc(O)cc1. The summed E-state index contributed by atoms with van der Waals surface area (Å²) >= 11 is 0. The van der Waals surface area contributed by atoms with Crippen LogP contribution in [0.3, 0.4) is 0 Å². The maximum absolute atomic E-state index is 11.6. The maximum Gasteiger partial charge on any atom is 0.323 e. The summed E-state index contributed by atoms with van der Waals surface area (Å²) in [6, 6.07) is 5.69. The van der Waals surface area contributed by atoms with Crippen molar-refractivity contribution in [3.8, 4) is 5.75 Å². The van der Waals surface area contributed by atoms with Crippen LogP contribution in [0.25, 0.3) is 0 Å². The lowest BCUT2D eigenvalue weighted by Crippen LogP contribution is -2.37. The molecule has 6 heteroatoms. The summed E-state index contributed by atoms with van der Waals surface area (Å²) in [6.45, 7) is -0.652. The van der Waals surface area contributed by atoms with Crippen molar-refractivity contribution in [2.24, 2.45) is 0 Å². The van der Waals surface area contributed by atoms with Gasteiger partial charge in [0.2, 0.25) is 0 Å². The summed E-state index contributed by atoms with van der Waals surface area (Å²) in [4.78, 5) is 23.4. The van der Waals surface area contributed by atoms with Crippen molar-refractivity contribution in [1.82, 2.24) is 0 Å². The number of amides is 1. The van der Waals surface area contributed by atoms with Crippen molar-refractivity contribution in [3.05, 3.63) is 24.3 Å². The highest BCUT2D eigenvalue weighted by molar-refractivity contribution is 5.98. The van der Waals surface area contributed by atoms with Crippen LogP contribution in [0.5, 0.6) is 5.75 Å². The Morgan fingerprint density at radius 2 is 1.88 bits per heavy atom. The zero-order valence-corrected chi connectivity index (χ0v) is 9.29. The van der Waals surface area contributed by atoms with Crippen molar-refractivity contribution >= 4 is 17.6 Å². The smallest absolute Gasteiger partial charge is 0.323 e. The summed E-state index contributed by atoms with van der Waals surface area (Å²) in [6.07, 6.45) is 0. The molecule has 0 fully saturated rings. The van der Waals surface area contributed by atoms with Gasteiger partial charge in [0, 0.05) is 12.8 Å². The monoisotopic (exact) mass is 239 g/mol. The van der Waals surface area contributed by atoms with Crippen molar-refractivity contribution in [1.29, 1.82) is 0 Å². The summed E-state index contributed by atoms with van der Waals surface area (Å²) in [7, 11) is 1.35. The highest BCUT2D eigenvalue weighted by atomic mass is 16.5. The van der Waals surface area contributed by atoms with Crippen molar-refractivity contribution < 1.29 is 24.5 Å². The van der Waals surface area contributed by atoms with Gasteiger partial charge in [0.25, 0.3) is 5.91 Å². The zero-order valence-electron chi connectivity index (χ0n) is 9.29. The lowest BCUT2D eigenvalue weighted by atomic mass is 10.2. The van der Waals surface area contributed by atoms with E-state index in [-0.39, 0.29) is 12.4 Å². The number of hydrogen-bond acceptors (Lipinski definition) is 4. The van der Waals surface area contributed by atoms with Crippen LogP contribution in [0.15, 0.2) is 24.3 Å². The molecule has 0 spiro atoms. The number of carboxylic acid groups (broad SMARTS) is 1. The Morgan fingerprint density at radius 1 is 1.29 bits per heavy atom. The van der Waals surface area contributed by atoms with Crippen LogP contribution >= 0.6 is 0 Å². The minimum absolute atomic E-state index is 0.0446. The van der Waals surface area contributed by atoms with Gasteiger partial charge in [0.05, 0.1) is 0 Å². The van der Waals surface area contributed by atoms with E-state index in [0.29, 0.717) is 5.69 Å². The van der Waals surface area contributed by atoms with E-state index in [2.05, 4.69) is 4.74 Å². The van der Waals surface area contributed by atoms with E-state index < -0.39 is 18.4 Å². The highest BCUT2D eigenvalue weighted by Gasteiger charge is 2.18. The third-order valence-corrected chi connectivity index (χ3v) is 2.02. The van der Waals surface area contributed by atoms with Crippen molar-refractivity contribution in [2.45, 2.75) is 0 Å². The normalized spacial score (nSPS) is 9.94. The molecule has 92 valence electrons. The number of nitrogens with zero attached hydrogens (tertiary/aromatic N) is 1. The van der Waals surface area contributed by atoms with Gasteiger partial charge in [-0.25, -0.2) is 0 Å². The average molecular weight is 239 g/mol. The number of phenols is 1. The van der Waals surface area contributed by atoms with Gasteiger partial charge in [-0.05, 0) is 24.3 Å². The number of phenolic OH excluding ortho intramolecular Hbond substituents is 1. The number of aromatic hydroxyl groups is 1. The first-order chi connectivity index (χ1) is 8.04. The molecule has 0 atom stereocenters. The Morgan fingerprint density at radius 3 is 2.35 bits per heavy atom. The van der Waals surface area contributed by atoms with Crippen molar-refractivity contribution in [2.75, 3.05) is 25.2 Å². The van der Waals surface area contributed by atoms with Crippen LogP contribution in [-0.2, 0) is 14.3 Å². The number of aliphatic carboxylic acids is 1. The number of carbonyl (C=O) groups is 2. The number of anilines is 1. The predicted molar refractivity (Wildman–Crippen MR) is 60.0 cm³/mol. The quantitative estimate of drug-likeness (QED) is 0.779. The number of benzene rings is 1. The fraction of sp³-hybridized carbons (Fsp3) is 0.273. The van der Waals surface area contributed by atoms with Gasteiger partial charge in [-0.3, -0.25) is 14.5 Å². The van der Waals surface area contributed by atoms with Gasteiger partial charge in [0.1, 0.15) is 18.9 Å². The minimum atomic E-state index is -1.12. The highest BCUT2D eigenvalue weighted by Crippen LogP contribution is 2.18. The van der Waals surface area contributed by atoms with Gasteiger partial charge in [0.15, 0.2) is 0 Å². The molecule has 17 heavy (non-hydrogen) atoms. The molecule has 0 saturated carbocycles. The molecule has 0 aliphatic heterocycles. The Labute approximate surface area is 98.0 Å². The first-order valence-corrected chi connectivity index (χ1v) is 4.84. The number of hydrogen-bond donors (Lipinski definition) is 2. The fourth-order valence-corrected chi connectivity index (χ4v) is 1.29. The summed E-state index contributed by atoms with van der Waals surface area (Å²) in [5.41, 5.74) is 0.396. The molecule has 0 unspecified atom stereocenters. The summed E-state index contributed by atoms with van der Waals surface area (Å²) in [5, 5.41) is 17.9. The maximum atomic E-state index is 11.6. The van der Waals surface area contributed by atoms with Crippen LogP contribution in [0.1, 0.15) is 0 Å². The van der Waals surface area contributed by atoms with Gasteiger partial charge in [-0.1, -0.05) is 0 Å². The molecule has 1 rings (SSSR count). The Kier molecular flexibility index (Phi) is 4.47. The van der Waals surface area contributed by atoms with Crippen LogP contribution in [0.2, 0.25) is 0 Å². The van der Waals surface area contributed by atoms with E-state index in [1.165, 1.54) is 31.4 Å². The van der Waals surface area contributed by atoms with Gasteiger partial charge < -0.3 is 14.9 Å². The molecule has 0 aliphatic rings. The summed E-state index contributed by atoms with van der Waals surface area (Å²) < 4.78 is 4.68. The van der Waals surface area contributed by atoms with E-state index in [4.69, 9.17) is 10.2 Å². The third-order valence-electron chi connectivity index (χ3n) is 2.02. The second-order valence-electron chi connectivity index (χ2n) is 3.32. The number of carboxylic acids is 1. The van der Waals surface area contributed by atoms with Gasteiger partial charge >= 0.3 is 5.97 Å². The first kappa shape index (κ1) is 13.0. The van der Waals surface area contributed by atoms with Crippen LogP contribution in [-0.4, -0.2) is 42.4 Å². The number of carbonyl (C=O) groups excluding carboxylic acids is 1. The molecule has 0 aromatic heterocycles. The van der Waals surface area contributed by atoms with E-state index in [9.17, 15) is 9.59 Å². The molecule has 0 aliphatic carbocycles. The van der Waals surface area contributed by atoms with E-state index >= 15 is 0 Å². The Bertz CT molecular complexity index is 401. The second kappa shape index (κ2) is 5.86. The van der Waals surface area contributed by atoms with Crippen molar-refractivity contribution in [3.63, 3.8) is 0 Å². The Hall–Kier alpha value is -2.08. The van der Waals surface area contributed by atoms with Gasteiger partial charge in [-0.15, -0.1) is 0 Å². The average Bonchev–Trinajstić information content (AvgIpc) is 2.27. The van der Waals surface area contributed by atoms with Crippen LogP contribution in [0, 0.1) is 0 Å². The second-order valence-corrected chi connectivity index (χ2v) is 3.32. The van der Waals surface area contributed by atoms with E-state index in [0.717, 1.165) is 4.90 Å². The molecule has 2 N–H and O–H groups in total. The zero-order chi connectivity index (χ0) is 12.8. The molecule has 0 radical (unpaired) electrons. The lowest BCUT2D eigenvalue weighted by molar-refractivity contribution is -0.137. The summed E-state index contributed by atoms with van der Waals surface area (Å²) in [5.74, 6) is -1.54. The van der Waals surface area contributed by atoms with Gasteiger partial charge in [-0.2, -0.15) is 0 Å². The fourth-order valence-electron chi connectivity index (χ4n) is 1.29. The third kappa shape index (κ3) is 3.76. The molecular formula is C11H13NO5. The Balaban J connectivity index is 2.92. The van der Waals surface area contributed by atoms with E-state index in [1.54, 1.807) is 0 Å². The molecule has 0 saturated heterocycles. The minimum Gasteiger partial charge on any atom is -0.508 e. The molecule has 1 aromatic rings. The first-order valence-electron chi connectivity index (χ1n) is 4.84. The molecular weight excluding hydrogens is 226 g/mol.